The Morgan fingerprint density at radius 3 is 1.81 bits per heavy atom. The van der Waals surface area contributed by atoms with Crippen molar-refractivity contribution in [1.29, 1.82) is 0 Å². The number of nitrogens with zero attached hydrogens (tertiary/aromatic N) is 7. The van der Waals surface area contributed by atoms with Gasteiger partial charge in [-0.05, 0) is 206 Å². The van der Waals surface area contributed by atoms with Gasteiger partial charge in [0.05, 0.1) is 89.4 Å². The Bertz CT molecular complexity index is 6890. The van der Waals surface area contributed by atoms with Crippen molar-refractivity contribution in [2.45, 2.75) is 219 Å². The zero-order valence-corrected chi connectivity index (χ0v) is 81.4. The Balaban J connectivity index is 0.000000184. The van der Waals surface area contributed by atoms with E-state index in [-0.39, 0.29) is 100 Å². The second-order valence-corrected chi connectivity index (χ2v) is 34.2. The van der Waals surface area contributed by atoms with Gasteiger partial charge in [-0.25, -0.2) is 34.7 Å². The number of aliphatic hydroxyl groups is 1. The summed E-state index contributed by atoms with van der Waals surface area (Å²) in [6, 6.07) is 12.2. The molecule has 2 aliphatic carbocycles. The Kier molecular flexibility index (Phi) is 31.0. The van der Waals surface area contributed by atoms with E-state index in [4.69, 9.17) is 63.6 Å². The fourth-order valence-electron chi connectivity index (χ4n) is 20.5. The predicted molar refractivity (Wildman–Crippen MR) is 517 cm³/mol. The molecule has 8 atom stereocenters. The van der Waals surface area contributed by atoms with Crippen molar-refractivity contribution in [3.05, 3.63) is 255 Å². The van der Waals surface area contributed by atoms with Crippen molar-refractivity contribution < 1.29 is 77.9 Å². The molecule has 26 nitrogen and oxygen atoms in total. The van der Waals surface area contributed by atoms with E-state index in [1.807, 2.05) is 84.0 Å². The van der Waals surface area contributed by atoms with Crippen LogP contribution in [0.15, 0.2) is 169 Å². The van der Waals surface area contributed by atoms with Crippen molar-refractivity contribution >= 4 is 161 Å². The van der Waals surface area contributed by atoms with Crippen LogP contribution in [0.5, 0.6) is 0 Å². The summed E-state index contributed by atoms with van der Waals surface area (Å²) in [6.45, 7) is 53.5. The monoisotopic (exact) mass is 1800 g/mol. The molecule has 9 aliphatic heterocycles. The molecule has 0 amide bonds. The summed E-state index contributed by atoms with van der Waals surface area (Å²) < 4.78 is 10.4. The van der Waals surface area contributed by atoms with Crippen LogP contribution in [0.1, 0.15) is 285 Å². The summed E-state index contributed by atoms with van der Waals surface area (Å²) in [4.78, 5) is 147. The number of ether oxygens (including phenoxy) is 2. The smallest absolute Gasteiger partial charge is 0.657 e. The number of rotatable bonds is 15. The molecule has 1 saturated heterocycles. The zero-order valence-electron chi connectivity index (χ0n) is 80.0. The molecule has 8 N–H and O–H groups in total. The maximum Gasteiger partial charge on any atom is 2.00 e. The number of allylic oxidation sites excluding steroid dienone is 14. The van der Waals surface area contributed by atoms with Crippen LogP contribution in [0.4, 0.5) is 0 Å². The Morgan fingerprint density at radius 1 is 0.594 bits per heavy atom. The summed E-state index contributed by atoms with van der Waals surface area (Å²) in [5.74, 6) is -5.13. The minimum atomic E-state index is -1.14. The van der Waals surface area contributed by atoms with Crippen molar-refractivity contribution in [2.24, 2.45) is 32.7 Å². The van der Waals surface area contributed by atoms with Gasteiger partial charge < -0.3 is 50.0 Å². The van der Waals surface area contributed by atoms with Gasteiger partial charge in [-0.1, -0.05) is 132 Å². The van der Waals surface area contributed by atoms with Gasteiger partial charge in [0.1, 0.15) is 17.6 Å². The normalized spacial score (nSPS) is 19.7. The summed E-state index contributed by atoms with van der Waals surface area (Å²) in [5.41, 5.74) is 37.2. The molecule has 0 radical (unpaired) electrons. The first-order chi connectivity index (χ1) is 63.1. The van der Waals surface area contributed by atoms with Crippen molar-refractivity contribution in [2.75, 3.05) is 14.2 Å². The third kappa shape index (κ3) is 17.7. The number of carboxylic acids is 2. The number of aliphatic imine (C=N–C) groups is 3. The van der Waals surface area contributed by atoms with Gasteiger partial charge in [0.15, 0.2) is 17.2 Å². The SMILES string of the molecule is C=CC1=C(C)C2=NC1=CC1=NC(=CC3=C(C)C4=C(O)[C@H](C(=O)OC)C(=C5NC(=C2)[C@@H](C)[C@@H]5CC)C4=N3)C(CC)=C1C.C=Cc1c(C)c2cc3[nH+]c(c4c5[n-]c(cc6[nH+]c(cc1[n-]2)C(C)=C6CC)c(C)c5C(=O)[C@@H]4C(=O)OC)[C@@H](CCC)[C@@H]3C.C=Cc1c(C)c2cc3nc(c(CC(=O)O)c4nc(cc5[nH]c(cc1[nH]2)c(C)c5CC)C(C)=C4C(=O)O)[C@@H](CC)[C@@H]3C.CC.O=C=O.O=C=O.[Mg+2]. The number of hydrogen-bond acceptors (Lipinski definition) is 18. The van der Waals surface area contributed by atoms with E-state index in [9.17, 15) is 39.3 Å². The van der Waals surface area contributed by atoms with Gasteiger partial charge in [-0.2, -0.15) is 19.2 Å². The molecular weight excluding hydrogens is 1690 g/mol. The van der Waals surface area contributed by atoms with Crippen LogP contribution < -0.4 is 25.3 Å². The zero-order chi connectivity index (χ0) is 96.5. The average Bonchev–Trinajstić information content (AvgIpc) is 1.57. The van der Waals surface area contributed by atoms with Crippen LogP contribution in [0.3, 0.4) is 0 Å². The van der Waals surface area contributed by atoms with E-state index in [0.717, 1.165) is 218 Å². The quantitative estimate of drug-likeness (QED) is 0.0316. The van der Waals surface area contributed by atoms with Gasteiger partial charge in [0.25, 0.3) is 0 Å². The van der Waals surface area contributed by atoms with E-state index < -0.39 is 35.7 Å². The second-order valence-electron chi connectivity index (χ2n) is 34.2. The van der Waals surface area contributed by atoms with Crippen LogP contribution >= 0.6 is 0 Å². The molecule has 6 aromatic rings. The number of ketones is 1. The minimum Gasteiger partial charge on any atom is -0.657 e. The first-order valence-corrected chi connectivity index (χ1v) is 45.1. The van der Waals surface area contributed by atoms with Crippen LogP contribution in [-0.2, 0) is 60.7 Å². The number of aromatic amines is 4. The van der Waals surface area contributed by atoms with Crippen LogP contribution in [0.25, 0.3) is 78.6 Å². The number of carboxylic acid groups (broad SMARTS) is 2. The fourth-order valence-corrected chi connectivity index (χ4v) is 20.5. The second kappa shape index (κ2) is 41.1. The van der Waals surface area contributed by atoms with Crippen LogP contribution in [0, 0.1) is 45.4 Å². The third-order valence-electron chi connectivity index (χ3n) is 27.5. The van der Waals surface area contributed by atoms with Gasteiger partial charge >= 0.3 is 59.2 Å². The van der Waals surface area contributed by atoms with E-state index in [2.05, 4.69) is 165 Å². The number of carbonyl (C=O) groups excluding carboxylic acids is 7. The van der Waals surface area contributed by atoms with Gasteiger partial charge in [0.2, 0.25) is 11.4 Å². The van der Waals surface area contributed by atoms with Gasteiger partial charge in [-0.3, -0.25) is 24.2 Å². The number of nitrogens with one attached hydrogen (secondary N) is 5. The number of aliphatic carboxylic acids is 2. The number of aryl methyl sites for hydroxylation is 5. The molecule has 133 heavy (non-hydrogen) atoms. The van der Waals surface area contributed by atoms with E-state index in [1.165, 1.54) is 19.8 Å². The molecule has 6 aromatic heterocycles. The molecule has 0 unspecified atom stereocenters. The number of Topliss-reactive ketones (excluding diaryl/α,β-unsaturated/α-hetero) is 1. The molecule has 0 saturated carbocycles. The van der Waals surface area contributed by atoms with Gasteiger partial charge in [0, 0.05) is 113 Å². The largest absolute Gasteiger partial charge is 2.00 e. The van der Waals surface area contributed by atoms with E-state index >= 15 is 0 Å². The van der Waals surface area contributed by atoms with Crippen LogP contribution in [-0.4, -0.2) is 132 Å². The van der Waals surface area contributed by atoms with Crippen molar-refractivity contribution in [1.82, 2.24) is 35.2 Å². The Morgan fingerprint density at radius 2 is 1.21 bits per heavy atom. The average molecular weight is 1810 g/mol. The number of H-pyrrole nitrogens is 4. The predicted octanol–water partition coefficient (Wildman–Crippen LogP) is 19.4. The summed E-state index contributed by atoms with van der Waals surface area (Å²) in [7, 11) is 2.70. The first kappa shape index (κ1) is 100. The summed E-state index contributed by atoms with van der Waals surface area (Å²) in [5, 5.41) is 35.4. The molecule has 15 heterocycles. The molecule has 17 rings (SSSR count). The number of carbonyl (C=O) groups is 5. The molecular formula is C106H116MgN12O14+2. The molecule has 11 aliphatic rings. The van der Waals surface area contributed by atoms with E-state index in [1.54, 1.807) is 6.92 Å². The topological polar surface area (TPSA) is 396 Å². The number of aromatic nitrogens is 8. The first-order valence-electron chi connectivity index (χ1n) is 45.1. The minimum absolute atomic E-state index is 0. The maximum absolute atomic E-state index is 14.0. The number of hydrogen-bond donors (Lipinski definition) is 6. The molecule has 27 heteroatoms. The van der Waals surface area contributed by atoms with Gasteiger partial charge in [-0.15, -0.1) is 22.1 Å². The molecule has 0 aromatic carbocycles. The maximum atomic E-state index is 14.0. The van der Waals surface area contributed by atoms with Crippen molar-refractivity contribution in [3.63, 3.8) is 0 Å². The van der Waals surface area contributed by atoms with Crippen LogP contribution in [0.2, 0.25) is 0 Å². The van der Waals surface area contributed by atoms with Crippen molar-refractivity contribution in [3.8, 4) is 0 Å². The standard InChI is InChI=1S/C35H37N4O3.C34H36N4O3.C33H36N4O4.C2H6.2CO2.Mg/c1-9-12-22-18(6)25-13-23-16(4)20(10-2)27(36-23)14-24-17(5)21(11-3)28(37-24)15-26-19(7)29-33(39-26)30(32(22)38-25)31(34(29)40)35(41)42-8;1-9-19-15(4)22-12-24-17(6)21(11-3)31(37-24)29-30(34(40)41-8)33(39)28-18(7)25(38-32(28)29)14-27-20(10-2)16(5)23(36-27)13-26(19)35-22;1-8-19-15(4)23-12-25-17(6)21(10-3)31(36-25)22(11-29(38)39)32-30(33(40)41)18(7)26(37-32)14-28-20(9-2)16(5)24(35-28)13-27(19)34-23;1-2;2*2-1-3;/h10,13-15,18,22,31H,2,9,11-12H2,1,3-8H3,(H-,36,37,38,39,40);9,12-14,17,21,30,37,39H,1,10-11H2,2-8H3;8,12-14,17,21,34-35H,1,9-11H2,2-7H3,(H,38,39)(H,40,41);1-2H3;;;/q-1;;;;;;+2/p+1/t18-,22-,31+;17-,21-,30+;17-,21-;;;;/m000..../s1. The summed E-state index contributed by atoms with van der Waals surface area (Å²) in [6.07, 6.45) is 17.7. The molecule has 0 spiro atoms. The Hall–Kier alpha value is -13.5. The third-order valence-corrected chi connectivity index (χ3v) is 27.5. The summed E-state index contributed by atoms with van der Waals surface area (Å²) >= 11 is 0. The number of aliphatic hydroxyl groups excluding tert-OH is 1. The molecule has 24 bridgehead atoms. The number of esters is 2. The fraction of sp³-hybridized carbons (Fsp3) is 0.358. The number of methoxy groups -OCH3 is 2. The molecule has 684 valence electrons. The van der Waals surface area contributed by atoms with E-state index in [0.29, 0.717) is 62.4 Å². The Labute approximate surface area is 790 Å². The number of fused-ring (bicyclic) bond motifs is 21. The molecule has 1 fully saturated rings.